The second kappa shape index (κ2) is 8.02. The molecule has 2 aromatic carbocycles. The number of hydrogen-bond donors (Lipinski definition) is 0. The molecule has 0 spiro atoms. The molecule has 0 N–H and O–H groups in total. The zero-order valence-corrected chi connectivity index (χ0v) is 18.0. The number of halogens is 4. The average Bonchev–Trinajstić information content (AvgIpc) is 2.77. The molecule has 11 heteroatoms. The van der Waals surface area contributed by atoms with Gasteiger partial charge in [-0.3, -0.25) is 9.59 Å². The van der Waals surface area contributed by atoms with E-state index in [1.54, 1.807) is 12.1 Å². The average molecular weight is 485 g/mol. The number of fused-ring (bicyclic) bond motifs is 1. The fourth-order valence-electron chi connectivity index (χ4n) is 3.83. The Kier molecular flexibility index (Phi) is 5.64. The smallest absolute Gasteiger partial charge is 0.364 e. The number of benzene rings is 2. The van der Waals surface area contributed by atoms with Gasteiger partial charge < -0.3 is 4.90 Å². The van der Waals surface area contributed by atoms with E-state index in [2.05, 4.69) is 0 Å². The van der Waals surface area contributed by atoms with Crippen LogP contribution >= 0.6 is 11.6 Å². The van der Waals surface area contributed by atoms with Crippen LogP contribution in [0.1, 0.15) is 26.3 Å². The van der Waals surface area contributed by atoms with Gasteiger partial charge in [-0.05, 0) is 12.1 Å². The lowest BCUT2D eigenvalue weighted by atomic mass is 9.91. The Morgan fingerprint density at radius 3 is 1.94 bits per heavy atom. The summed E-state index contributed by atoms with van der Waals surface area (Å²) in [4.78, 5) is 26.2. The first kappa shape index (κ1) is 22.5. The van der Waals surface area contributed by atoms with Crippen LogP contribution < -0.4 is 0 Å². The van der Waals surface area contributed by atoms with Gasteiger partial charge in [0.15, 0.2) is 0 Å². The van der Waals surface area contributed by atoms with Gasteiger partial charge in [0.2, 0.25) is 21.6 Å². The second-order valence-electron chi connectivity index (χ2n) is 7.25. The van der Waals surface area contributed by atoms with Crippen LogP contribution in [0.25, 0.3) is 0 Å². The lowest BCUT2D eigenvalue weighted by Crippen LogP contribution is -2.50. The summed E-state index contributed by atoms with van der Waals surface area (Å²) in [5.74, 6) is -0.963. The number of alkyl halides is 3. The number of nitrogens with zero attached hydrogens (tertiary/aromatic N) is 2. The molecule has 0 aromatic heterocycles. The van der Waals surface area contributed by atoms with Gasteiger partial charge in [-0.2, -0.15) is 17.5 Å². The highest BCUT2D eigenvalue weighted by Gasteiger charge is 2.41. The molecule has 6 nitrogen and oxygen atoms in total. The molecule has 0 saturated carbocycles. The maximum absolute atomic E-state index is 13.3. The van der Waals surface area contributed by atoms with E-state index in [0.717, 1.165) is 22.5 Å². The maximum Gasteiger partial charge on any atom is 0.417 e. The zero-order chi connectivity index (χ0) is 23.3. The Morgan fingerprint density at radius 1 is 0.812 bits per heavy atom. The van der Waals surface area contributed by atoms with Gasteiger partial charge >= 0.3 is 6.18 Å². The van der Waals surface area contributed by atoms with Crippen molar-refractivity contribution in [1.29, 1.82) is 0 Å². The molecule has 1 aliphatic heterocycles. The van der Waals surface area contributed by atoms with Crippen LogP contribution in [0.2, 0.25) is 0 Å². The van der Waals surface area contributed by atoms with E-state index in [1.807, 2.05) is 0 Å². The first-order valence-corrected chi connectivity index (χ1v) is 11.3. The predicted molar refractivity (Wildman–Crippen MR) is 110 cm³/mol. The summed E-state index contributed by atoms with van der Waals surface area (Å²) in [6.45, 7) is -0.378. The summed E-state index contributed by atoms with van der Waals surface area (Å²) in [7, 11) is -4.43. The summed E-state index contributed by atoms with van der Waals surface area (Å²) >= 11 is 6.19. The minimum Gasteiger partial charge on any atom is -0.364 e. The first-order chi connectivity index (χ1) is 15.0. The maximum atomic E-state index is 13.3. The van der Waals surface area contributed by atoms with E-state index in [1.165, 1.54) is 23.1 Å². The third kappa shape index (κ3) is 3.72. The van der Waals surface area contributed by atoms with Crippen molar-refractivity contribution in [2.24, 2.45) is 0 Å². The highest BCUT2D eigenvalue weighted by atomic mass is 35.5. The van der Waals surface area contributed by atoms with Crippen molar-refractivity contribution < 1.29 is 31.2 Å². The summed E-state index contributed by atoms with van der Waals surface area (Å²) in [6, 6.07) is 10.2. The number of carbonyl (C=O) groups is 2. The summed E-state index contributed by atoms with van der Waals surface area (Å²) in [5, 5.41) is -0.257. The van der Waals surface area contributed by atoms with Gasteiger partial charge in [0.1, 0.15) is 10.7 Å². The van der Waals surface area contributed by atoms with E-state index in [9.17, 15) is 31.2 Å². The van der Waals surface area contributed by atoms with Crippen molar-refractivity contribution in [3.05, 3.63) is 76.0 Å². The van der Waals surface area contributed by atoms with Crippen LogP contribution in [0, 0.1) is 0 Å². The Balaban J connectivity index is 1.59. The van der Waals surface area contributed by atoms with E-state index in [4.69, 9.17) is 11.6 Å². The van der Waals surface area contributed by atoms with Gasteiger partial charge in [-0.15, -0.1) is 0 Å². The normalized spacial score (nSPS) is 18.2. The summed E-state index contributed by atoms with van der Waals surface area (Å²) < 4.78 is 66.7. The van der Waals surface area contributed by atoms with Crippen LogP contribution in [0.15, 0.2) is 64.2 Å². The zero-order valence-electron chi connectivity index (χ0n) is 16.4. The number of ketones is 2. The molecule has 0 unspecified atom stereocenters. The van der Waals surface area contributed by atoms with Crippen molar-refractivity contribution in [3.8, 4) is 0 Å². The predicted octanol–water partition coefficient (Wildman–Crippen LogP) is 3.54. The van der Waals surface area contributed by atoms with Crippen molar-refractivity contribution in [1.82, 2.24) is 9.21 Å². The number of Topliss-reactive ketones (excluding diaryl/α,β-unsaturated/α-hetero) is 2. The molecule has 1 saturated heterocycles. The molecule has 168 valence electrons. The quantitative estimate of drug-likeness (QED) is 0.666. The van der Waals surface area contributed by atoms with Gasteiger partial charge in [0.25, 0.3) is 0 Å². The van der Waals surface area contributed by atoms with Crippen molar-refractivity contribution in [2.75, 3.05) is 26.2 Å². The van der Waals surface area contributed by atoms with E-state index in [0.29, 0.717) is 0 Å². The van der Waals surface area contributed by atoms with Crippen LogP contribution in [0.4, 0.5) is 13.2 Å². The Labute approximate surface area is 186 Å². The molecule has 0 bridgehead atoms. The molecule has 1 aliphatic carbocycles. The molecular formula is C21H16ClF3N2O4S. The Morgan fingerprint density at radius 2 is 1.34 bits per heavy atom. The van der Waals surface area contributed by atoms with Crippen LogP contribution in [-0.4, -0.2) is 55.4 Å². The highest BCUT2D eigenvalue weighted by molar-refractivity contribution is 7.89. The fourth-order valence-corrected chi connectivity index (χ4v) is 5.77. The third-order valence-corrected chi connectivity index (χ3v) is 7.71. The third-order valence-electron chi connectivity index (χ3n) is 5.40. The number of rotatable bonds is 3. The second-order valence-corrected chi connectivity index (χ2v) is 9.54. The molecule has 1 fully saturated rings. The fraction of sp³-hybridized carbons (Fsp3) is 0.238. The minimum absolute atomic E-state index is 0.0137. The minimum atomic E-state index is -4.83. The lowest BCUT2D eigenvalue weighted by Gasteiger charge is -2.37. The molecule has 4 rings (SSSR count). The van der Waals surface area contributed by atoms with E-state index < -0.39 is 38.2 Å². The van der Waals surface area contributed by atoms with Crippen LogP contribution in [0.5, 0.6) is 0 Å². The Hall–Kier alpha value is -2.69. The van der Waals surface area contributed by atoms with E-state index in [-0.39, 0.29) is 48.0 Å². The number of allylic oxidation sites excluding steroid dienone is 2. The van der Waals surface area contributed by atoms with Crippen molar-refractivity contribution >= 4 is 33.2 Å². The van der Waals surface area contributed by atoms with E-state index >= 15 is 0 Å². The van der Waals surface area contributed by atoms with Crippen molar-refractivity contribution in [3.63, 3.8) is 0 Å². The van der Waals surface area contributed by atoms with Crippen molar-refractivity contribution in [2.45, 2.75) is 11.1 Å². The molecular weight excluding hydrogens is 469 g/mol. The molecule has 1 heterocycles. The number of carbonyl (C=O) groups excluding carboxylic acids is 2. The number of sulfonamides is 1. The topological polar surface area (TPSA) is 74.8 Å². The lowest BCUT2D eigenvalue weighted by molar-refractivity contribution is -0.139. The number of piperazine rings is 1. The molecule has 0 amide bonds. The molecule has 0 radical (unpaired) electrons. The van der Waals surface area contributed by atoms with Gasteiger partial charge in [0.05, 0.1) is 10.5 Å². The first-order valence-electron chi connectivity index (χ1n) is 9.53. The monoisotopic (exact) mass is 484 g/mol. The highest BCUT2D eigenvalue weighted by Crippen LogP contribution is 2.36. The Bertz CT molecular complexity index is 1250. The van der Waals surface area contributed by atoms with Gasteiger partial charge in [-0.25, -0.2) is 8.42 Å². The van der Waals surface area contributed by atoms with Gasteiger partial charge in [-0.1, -0.05) is 48.0 Å². The largest absolute Gasteiger partial charge is 0.417 e. The number of hydrogen-bond acceptors (Lipinski definition) is 5. The van der Waals surface area contributed by atoms with Crippen LogP contribution in [0.3, 0.4) is 0 Å². The summed E-state index contributed by atoms with van der Waals surface area (Å²) in [5.41, 5.74) is -0.872. The molecule has 32 heavy (non-hydrogen) atoms. The van der Waals surface area contributed by atoms with Gasteiger partial charge in [0, 0.05) is 37.3 Å². The summed E-state index contributed by atoms with van der Waals surface area (Å²) in [6.07, 6.45) is -4.83. The molecule has 0 atom stereocenters. The molecule has 2 aromatic rings. The molecule has 2 aliphatic rings. The van der Waals surface area contributed by atoms with Crippen LogP contribution in [-0.2, 0) is 16.2 Å². The SMILES string of the molecule is O=C1C(Cl)=C(N2CCN(S(=O)(=O)c3ccccc3C(F)(F)F)CC2)C(=O)c2ccccc21. The standard InChI is InChI=1S/C21H16ClF3N2O4S/c22-17-18(20(29)14-6-2-1-5-13(14)19(17)28)26-9-11-27(12-10-26)32(30,31)16-8-4-3-7-15(16)21(23,24)25/h1-8H,9-12H2.